The molecule has 386 valence electrons. The number of aliphatic hydroxyl groups is 16. The molecule has 3 aliphatic carbocycles. The van der Waals surface area contributed by atoms with E-state index in [-0.39, 0.29) is 43.9 Å². The second-order valence-corrected chi connectivity index (χ2v) is 19.2. The van der Waals surface area contributed by atoms with Gasteiger partial charge in [0.15, 0.2) is 31.1 Å². The zero-order valence-corrected chi connectivity index (χ0v) is 37.1. The summed E-state index contributed by atoms with van der Waals surface area (Å²) in [5.74, 6) is -1.95. The Bertz CT molecular complexity index is 1590. The summed E-state index contributed by atoms with van der Waals surface area (Å²) in [6.45, 7) is -1.94. The molecule has 0 aromatic heterocycles. The third-order valence-corrected chi connectivity index (χ3v) is 14.8. The van der Waals surface area contributed by atoms with E-state index in [2.05, 4.69) is 0 Å². The standard InChI is InChI=1S/C43H70O24/c1-59-24-9-17(4-6-20(24)47)40-26(12-19-22(61-40)10-18(46)11-23(19)62-41-37(56)34(53)31(50)27(13-44)65-41)64-43-39(58)36(55)33(52)29(67-43)15-60-30(49)7-3-16-2-5-21(48)25(8-16)63-42-38(57)35(54)32(51)28(14-45)66-42/h3,7,16-29,31-48,50-58H,2,4-6,8-15H2,1H3/p+1. The minimum Gasteiger partial charge on any atom is -0.460 e. The lowest BCUT2D eigenvalue weighted by Crippen LogP contribution is -2.64. The van der Waals surface area contributed by atoms with Crippen molar-refractivity contribution in [1.82, 2.24) is 0 Å². The number of methoxy groups -OCH3 is 1. The Balaban J connectivity index is 1.00. The molecule has 0 amide bonds. The smallest absolute Gasteiger partial charge is 0.330 e. The van der Waals surface area contributed by atoms with Crippen LogP contribution < -0.4 is 0 Å². The Kier molecular flexibility index (Phi) is 18.4. The van der Waals surface area contributed by atoms with Crippen LogP contribution >= 0.6 is 0 Å². The Labute approximate surface area is 386 Å². The number of hydrogen-bond acceptors (Lipinski definition) is 23. The molecule has 27 unspecified atom stereocenters. The average molecular weight is 972 g/mol. The molecule has 24 heteroatoms. The number of hydrogen-bond donors (Lipinski definition) is 14. The molecule has 4 saturated heterocycles. The zero-order valence-electron chi connectivity index (χ0n) is 37.1. The molecular formula is C43H71O24+. The highest BCUT2D eigenvalue weighted by Crippen LogP contribution is 2.44. The van der Waals surface area contributed by atoms with Crippen LogP contribution in [0, 0.1) is 17.8 Å². The van der Waals surface area contributed by atoms with Gasteiger partial charge >= 0.3 is 5.97 Å². The lowest BCUT2D eigenvalue weighted by atomic mass is 9.72. The topological polar surface area (TPSA) is 387 Å². The molecule has 0 aromatic carbocycles. The lowest BCUT2D eigenvalue weighted by Gasteiger charge is -2.50. The van der Waals surface area contributed by atoms with Crippen molar-refractivity contribution in [3.8, 4) is 0 Å². The van der Waals surface area contributed by atoms with Crippen molar-refractivity contribution < 1.29 is 119 Å². The van der Waals surface area contributed by atoms with Gasteiger partial charge in [0.2, 0.25) is 0 Å². The molecule has 24 nitrogen and oxygen atoms in total. The van der Waals surface area contributed by atoms with Gasteiger partial charge in [0.1, 0.15) is 86.0 Å². The molecule has 7 rings (SSSR count). The molecule has 7 aliphatic rings. The average Bonchev–Trinajstić information content (AvgIpc) is 3.31. The molecular weight excluding hydrogens is 900 g/mol. The first-order chi connectivity index (χ1) is 31.9. The van der Waals surface area contributed by atoms with Crippen molar-refractivity contribution in [2.24, 2.45) is 17.8 Å². The normalized spacial score (nSPS) is 51.0. The van der Waals surface area contributed by atoms with E-state index in [9.17, 15) is 76.3 Å². The van der Waals surface area contributed by atoms with Gasteiger partial charge in [0.05, 0.1) is 55.8 Å². The van der Waals surface area contributed by atoms with Crippen molar-refractivity contribution in [2.45, 2.75) is 205 Å². The largest absolute Gasteiger partial charge is 0.460 e. The van der Waals surface area contributed by atoms with Crippen LogP contribution in [0.1, 0.15) is 57.8 Å². The van der Waals surface area contributed by atoms with E-state index in [1.54, 1.807) is 0 Å². The summed E-state index contributed by atoms with van der Waals surface area (Å²) < 4.78 is 51.7. The Morgan fingerprint density at radius 1 is 0.567 bits per heavy atom. The van der Waals surface area contributed by atoms with Crippen molar-refractivity contribution in [2.75, 3.05) is 26.9 Å². The predicted octanol–water partition coefficient (Wildman–Crippen LogP) is -6.57. The predicted molar refractivity (Wildman–Crippen MR) is 220 cm³/mol. The van der Waals surface area contributed by atoms with Gasteiger partial charge < -0.3 is 114 Å². The van der Waals surface area contributed by atoms with Gasteiger partial charge in [-0.1, -0.05) is 6.08 Å². The fourth-order valence-electron chi connectivity index (χ4n) is 10.8. The number of fused-ring (bicyclic) bond motifs is 1. The van der Waals surface area contributed by atoms with E-state index in [4.69, 9.17) is 42.6 Å². The fourth-order valence-corrected chi connectivity index (χ4v) is 10.8. The van der Waals surface area contributed by atoms with Crippen molar-refractivity contribution in [1.29, 1.82) is 0 Å². The fraction of sp³-hybridized carbons (Fsp3) is 0.930. The molecule has 0 spiro atoms. The number of rotatable bonds is 14. The molecule has 27 atom stereocenters. The van der Waals surface area contributed by atoms with Crippen LogP contribution in [-0.2, 0) is 42.7 Å². The van der Waals surface area contributed by atoms with Crippen LogP contribution in [-0.4, -0.2) is 256 Å². The summed E-state index contributed by atoms with van der Waals surface area (Å²) in [4.78, 5) is 13.0. The summed E-state index contributed by atoms with van der Waals surface area (Å²) in [6, 6.07) is 0. The second kappa shape index (κ2) is 23.3. The van der Waals surface area contributed by atoms with E-state index >= 15 is 0 Å². The number of allylic oxidation sites excluding steroid dienone is 1. The molecule has 0 bridgehead atoms. The molecule has 0 radical (unpaired) electrons. The van der Waals surface area contributed by atoms with Gasteiger partial charge in [-0.2, -0.15) is 0 Å². The molecule has 67 heavy (non-hydrogen) atoms. The third-order valence-electron chi connectivity index (χ3n) is 14.8. The number of carbonyl (C=O) groups excluding carboxylic acids is 1. The first-order valence-electron chi connectivity index (χ1n) is 23.3. The Hall–Kier alpha value is -1.67. The summed E-state index contributed by atoms with van der Waals surface area (Å²) >= 11 is 0. The number of carbonyl (C=O) groups is 1. The van der Waals surface area contributed by atoms with E-state index in [0.29, 0.717) is 25.7 Å². The summed E-state index contributed by atoms with van der Waals surface area (Å²) in [5.41, 5.74) is 0. The number of ether oxygens (including phenoxy) is 9. The first kappa shape index (κ1) is 53.1. The van der Waals surface area contributed by atoms with Crippen LogP contribution in [0.15, 0.2) is 12.2 Å². The lowest BCUT2D eigenvalue weighted by molar-refractivity contribution is -0.367. The maximum atomic E-state index is 13.0. The minimum absolute atomic E-state index is 0.0546. The minimum atomic E-state index is -1.83. The molecule has 0 aromatic rings. The van der Waals surface area contributed by atoms with Crippen LogP contribution in [0.4, 0.5) is 0 Å². The van der Waals surface area contributed by atoms with Crippen molar-refractivity contribution in [3.63, 3.8) is 0 Å². The molecule has 3 saturated carbocycles. The van der Waals surface area contributed by atoms with Crippen LogP contribution in [0.5, 0.6) is 0 Å². The molecule has 7 fully saturated rings. The summed E-state index contributed by atoms with van der Waals surface area (Å²) in [7, 11) is 1.49. The Morgan fingerprint density at radius 2 is 1.09 bits per heavy atom. The van der Waals surface area contributed by atoms with Gasteiger partial charge in [0.25, 0.3) is 0 Å². The van der Waals surface area contributed by atoms with Gasteiger partial charge in [-0.15, -0.1) is 0 Å². The van der Waals surface area contributed by atoms with Gasteiger partial charge in [-0.05, 0) is 50.9 Å². The number of aliphatic hydroxyl groups excluding tert-OH is 14. The Morgan fingerprint density at radius 3 is 1.67 bits per heavy atom. The maximum absolute atomic E-state index is 13.0. The first-order valence-corrected chi connectivity index (χ1v) is 23.3. The highest BCUT2D eigenvalue weighted by molar-refractivity contribution is 5.81. The van der Waals surface area contributed by atoms with Crippen LogP contribution in [0.2, 0.25) is 0 Å². The van der Waals surface area contributed by atoms with Gasteiger partial charge in [-0.3, -0.25) is 0 Å². The van der Waals surface area contributed by atoms with Crippen molar-refractivity contribution >= 4 is 5.97 Å². The van der Waals surface area contributed by atoms with Crippen molar-refractivity contribution in [3.05, 3.63) is 12.2 Å². The summed E-state index contributed by atoms with van der Waals surface area (Å²) in [5, 5.41) is 147. The third kappa shape index (κ3) is 12.0. The maximum Gasteiger partial charge on any atom is 0.330 e. The van der Waals surface area contributed by atoms with E-state index in [1.165, 1.54) is 13.2 Å². The van der Waals surface area contributed by atoms with Gasteiger partial charge in [-0.25, -0.2) is 4.79 Å². The van der Waals surface area contributed by atoms with E-state index < -0.39 is 179 Å². The molecule has 4 heterocycles. The van der Waals surface area contributed by atoms with Gasteiger partial charge in [0, 0.05) is 31.9 Å². The van der Waals surface area contributed by atoms with Crippen LogP contribution in [0.3, 0.4) is 0 Å². The highest BCUT2D eigenvalue weighted by Gasteiger charge is 2.57. The quantitative estimate of drug-likeness (QED) is 0.0437. The number of esters is 1. The zero-order chi connectivity index (χ0) is 48.4. The van der Waals surface area contributed by atoms with Crippen LogP contribution in [0.25, 0.3) is 0 Å². The SMILES string of the molecule is COC1CC(C2[OH+]C3CC(O)CC(OC4OC(CO)C(O)C(O)C4O)C3CC2OC2OC(COC(=O)C=CC3CCC(O)C(OC4OC(CO)C(O)C(O)C4O)C3)C(O)C(O)C2O)CCC1O. The monoisotopic (exact) mass is 971 g/mol. The van der Waals surface area contributed by atoms with E-state index in [0.717, 1.165) is 6.08 Å². The summed E-state index contributed by atoms with van der Waals surface area (Å²) in [6.07, 6.45) is -25.6. The molecule has 4 aliphatic heterocycles. The molecule has 15 N–H and O–H groups in total. The van der Waals surface area contributed by atoms with E-state index in [1.807, 2.05) is 0 Å². The highest BCUT2D eigenvalue weighted by atomic mass is 16.7. The second-order valence-electron chi connectivity index (χ2n) is 19.2.